The summed E-state index contributed by atoms with van der Waals surface area (Å²) in [6.45, 7) is 4.43. The second-order valence-corrected chi connectivity index (χ2v) is 5.04. The van der Waals surface area contributed by atoms with Gasteiger partial charge in [-0.1, -0.05) is 12.1 Å². The maximum atomic E-state index is 13.2. The molecule has 1 amide bonds. The Morgan fingerprint density at radius 2 is 2.00 bits per heavy atom. The van der Waals surface area contributed by atoms with Crippen molar-refractivity contribution >= 4 is 24.2 Å². The van der Waals surface area contributed by atoms with Crippen LogP contribution in [0.25, 0.3) is 0 Å². The van der Waals surface area contributed by atoms with E-state index in [0.717, 1.165) is 11.3 Å². The molecule has 0 aliphatic rings. The first-order valence-corrected chi connectivity index (χ1v) is 6.84. The Balaban J connectivity index is 2.36. The second-order valence-electron chi connectivity index (χ2n) is 4.55. The smallest absolute Gasteiger partial charge is 0.258 e. The average Bonchev–Trinajstić information content (AvgIpc) is 2.42. The summed E-state index contributed by atoms with van der Waals surface area (Å²) in [5, 5.41) is 0. The van der Waals surface area contributed by atoms with Gasteiger partial charge in [-0.05, 0) is 49.7 Å². The number of rotatable bonds is 3. The molecule has 0 atom stereocenters. The van der Waals surface area contributed by atoms with Gasteiger partial charge in [-0.3, -0.25) is 4.79 Å². The molecule has 20 heavy (non-hydrogen) atoms. The van der Waals surface area contributed by atoms with Gasteiger partial charge in [0.2, 0.25) is 0 Å². The van der Waals surface area contributed by atoms with E-state index in [0.29, 0.717) is 12.1 Å². The summed E-state index contributed by atoms with van der Waals surface area (Å²) in [7, 11) is 0. The Morgan fingerprint density at radius 3 is 2.60 bits per heavy atom. The minimum absolute atomic E-state index is 0.159. The van der Waals surface area contributed by atoms with Crippen LogP contribution in [0.1, 0.15) is 22.8 Å². The van der Waals surface area contributed by atoms with Crippen molar-refractivity contribution in [2.75, 3.05) is 11.4 Å². The third kappa shape index (κ3) is 3.02. The van der Waals surface area contributed by atoms with Crippen molar-refractivity contribution in [3.63, 3.8) is 0 Å². The maximum Gasteiger partial charge on any atom is 0.258 e. The highest BCUT2D eigenvalue weighted by molar-refractivity contribution is 7.80. The van der Waals surface area contributed by atoms with Gasteiger partial charge < -0.3 is 4.90 Å². The predicted octanol–water partition coefficient (Wildman–Crippen LogP) is 4.09. The minimum Gasteiger partial charge on any atom is -0.309 e. The molecule has 0 radical (unpaired) electrons. The second kappa shape index (κ2) is 6.09. The molecule has 0 bridgehead atoms. The van der Waals surface area contributed by atoms with Gasteiger partial charge in [-0.15, -0.1) is 12.6 Å². The maximum absolute atomic E-state index is 13.2. The van der Waals surface area contributed by atoms with Gasteiger partial charge >= 0.3 is 0 Å². The molecule has 0 aliphatic heterocycles. The fourth-order valence-electron chi connectivity index (χ4n) is 2.04. The summed E-state index contributed by atoms with van der Waals surface area (Å²) in [4.78, 5) is 14.4. The van der Waals surface area contributed by atoms with Crippen molar-refractivity contribution in [1.29, 1.82) is 0 Å². The molecule has 0 fully saturated rings. The summed E-state index contributed by atoms with van der Waals surface area (Å²) in [6, 6.07) is 11.9. The summed E-state index contributed by atoms with van der Waals surface area (Å²) >= 11 is 4.02. The molecule has 0 aromatic heterocycles. The summed E-state index contributed by atoms with van der Waals surface area (Å²) in [5.74, 6) is -0.586. The van der Waals surface area contributed by atoms with E-state index >= 15 is 0 Å². The van der Waals surface area contributed by atoms with Crippen LogP contribution in [0.2, 0.25) is 0 Å². The van der Waals surface area contributed by atoms with Crippen molar-refractivity contribution in [3.05, 3.63) is 59.4 Å². The van der Waals surface area contributed by atoms with E-state index in [2.05, 4.69) is 12.6 Å². The minimum atomic E-state index is -0.427. The first-order chi connectivity index (χ1) is 9.52. The van der Waals surface area contributed by atoms with Gasteiger partial charge in [0.25, 0.3) is 5.91 Å². The van der Waals surface area contributed by atoms with E-state index in [-0.39, 0.29) is 10.8 Å². The zero-order valence-corrected chi connectivity index (χ0v) is 12.3. The van der Waals surface area contributed by atoms with Gasteiger partial charge in [0.05, 0.1) is 0 Å². The lowest BCUT2D eigenvalue weighted by Crippen LogP contribution is -2.30. The summed E-state index contributed by atoms with van der Waals surface area (Å²) < 4.78 is 13.2. The molecular weight excluding hydrogens is 273 g/mol. The number of hydrogen-bond donors (Lipinski definition) is 1. The van der Waals surface area contributed by atoms with Crippen LogP contribution in [0.15, 0.2) is 47.4 Å². The molecule has 0 spiro atoms. The number of nitrogens with zero attached hydrogens (tertiary/aromatic N) is 1. The Morgan fingerprint density at radius 1 is 1.25 bits per heavy atom. The molecule has 2 aromatic carbocycles. The van der Waals surface area contributed by atoms with Crippen molar-refractivity contribution in [3.8, 4) is 0 Å². The van der Waals surface area contributed by atoms with Gasteiger partial charge in [-0.2, -0.15) is 0 Å². The topological polar surface area (TPSA) is 20.3 Å². The highest BCUT2D eigenvalue weighted by Gasteiger charge is 2.17. The van der Waals surface area contributed by atoms with Crippen LogP contribution < -0.4 is 4.90 Å². The van der Waals surface area contributed by atoms with Gasteiger partial charge in [0.1, 0.15) is 5.82 Å². The lowest BCUT2D eigenvalue weighted by Gasteiger charge is -2.21. The number of benzene rings is 2. The first kappa shape index (κ1) is 14.6. The van der Waals surface area contributed by atoms with E-state index in [4.69, 9.17) is 0 Å². The Kier molecular flexibility index (Phi) is 4.45. The van der Waals surface area contributed by atoms with Crippen molar-refractivity contribution in [2.24, 2.45) is 0 Å². The number of carbonyl (C=O) groups is 1. The van der Waals surface area contributed by atoms with E-state index in [9.17, 15) is 9.18 Å². The third-order valence-electron chi connectivity index (χ3n) is 3.07. The molecular formula is C16H16FNOS. The largest absolute Gasteiger partial charge is 0.309 e. The number of amides is 1. The lowest BCUT2D eigenvalue weighted by atomic mass is 10.1. The van der Waals surface area contributed by atoms with Crippen molar-refractivity contribution < 1.29 is 9.18 Å². The normalized spacial score (nSPS) is 10.4. The number of hydrogen-bond acceptors (Lipinski definition) is 2. The van der Waals surface area contributed by atoms with Gasteiger partial charge in [0.15, 0.2) is 0 Å². The predicted molar refractivity (Wildman–Crippen MR) is 82.2 cm³/mol. The van der Waals surface area contributed by atoms with Crippen molar-refractivity contribution in [1.82, 2.24) is 0 Å². The number of carbonyl (C=O) groups excluding carboxylic acids is 1. The van der Waals surface area contributed by atoms with Crippen LogP contribution in [0, 0.1) is 12.7 Å². The molecule has 2 rings (SSSR count). The molecule has 0 unspecified atom stereocenters. The van der Waals surface area contributed by atoms with E-state index in [1.54, 1.807) is 4.90 Å². The molecule has 104 valence electrons. The molecule has 0 saturated carbocycles. The monoisotopic (exact) mass is 289 g/mol. The SMILES string of the molecule is CCN(C(=O)c1ccc(F)c(S)c1)c1cccc(C)c1. The number of halogens is 1. The Bertz CT molecular complexity index is 642. The Labute approximate surface area is 123 Å². The van der Waals surface area contributed by atoms with E-state index < -0.39 is 5.82 Å². The van der Waals surface area contributed by atoms with Crippen LogP contribution in [0.5, 0.6) is 0 Å². The highest BCUT2D eigenvalue weighted by atomic mass is 32.1. The molecule has 0 heterocycles. The van der Waals surface area contributed by atoms with Gasteiger partial charge in [-0.25, -0.2) is 4.39 Å². The van der Waals surface area contributed by atoms with Crippen molar-refractivity contribution in [2.45, 2.75) is 18.7 Å². The van der Waals surface area contributed by atoms with Crippen LogP contribution in [-0.4, -0.2) is 12.5 Å². The number of aryl methyl sites for hydroxylation is 1. The summed E-state index contributed by atoms with van der Waals surface area (Å²) in [6.07, 6.45) is 0. The first-order valence-electron chi connectivity index (χ1n) is 6.40. The fraction of sp³-hybridized carbons (Fsp3) is 0.188. The number of anilines is 1. The molecule has 2 aromatic rings. The Hall–Kier alpha value is -1.81. The number of thiol groups is 1. The summed E-state index contributed by atoms with van der Waals surface area (Å²) in [5.41, 5.74) is 2.35. The van der Waals surface area contributed by atoms with Crippen LogP contribution >= 0.6 is 12.6 Å². The standard InChI is InChI=1S/C16H16FNOS/c1-3-18(13-6-4-5-11(2)9-13)16(19)12-7-8-14(17)15(20)10-12/h4-10,20H,3H2,1-2H3. The third-order valence-corrected chi connectivity index (χ3v) is 3.41. The molecule has 0 aliphatic carbocycles. The molecule has 0 saturated heterocycles. The quantitative estimate of drug-likeness (QED) is 0.844. The molecule has 2 nitrogen and oxygen atoms in total. The van der Waals surface area contributed by atoms with Crippen LogP contribution in [0.3, 0.4) is 0 Å². The molecule has 0 N–H and O–H groups in total. The van der Waals surface area contributed by atoms with Gasteiger partial charge in [0, 0.05) is 22.7 Å². The highest BCUT2D eigenvalue weighted by Crippen LogP contribution is 2.21. The van der Waals surface area contributed by atoms with Crippen LogP contribution in [-0.2, 0) is 0 Å². The van der Waals surface area contributed by atoms with E-state index in [1.807, 2.05) is 38.1 Å². The zero-order valence-electron chi connectivity index (χ0n) is 11.4. The fourth-order valence-corrected chi connectivity index (χ4v) is 2.25. The average molecular weight is 289 g/mol. The molecule has 4 heteroatoms. The lowest BCUT2D eigenvalue weighted by molar-refractivity contribution is 0.0988. The zero-order chi connectivity index (χ0) is 14.7. The van der Waals surface area contributed by atoms with E-state index in [1.165, 1.54) is 18.2 Å². The van der Waals surface area contributed by atoms with Crippen LogP contribution in [0.4, 0.5) is 10.1 Å².